The van der Waals surface area contributed by atoms with E-state index in [0.717, 1.165) is 5.56 Å². The highest BCUT2D eigenvalue weighted by Gasteiger charge is 2.43. The molecule has 0 saturated carbocycles. The van der Waals surface area contributed by atoms with Crippen molar-refractivity contribution in [3.05, 3.63) is 35.4 Å². The molecule has 1 aromatic rings. The van der Waals surface area contributed by atoms with Gasteiger partial charge in [-0.2, -0.15) is 0 Å². The Kier molecular flexibility index (Phi) is 3.63. The van der Waals surface area contributed by atoms with Crippen molar-refractivity contribution < 1.29 is 8.95 Å². The van der Waals surface area contributed by atoms with Crippen molar-refractivity contribution in [3.63, 3.8) is 0 Å². The Hall–Kier alpha value is -0.710. The first kappa shape index (κ1) is 13.7. The molecular weight excluding hydrogens is 246 g/mol. The van der Waals surface area contributed by atoms with Crippen molar-refractivity contribution in [2.75, 3.05) is 13.2 Å². The second-order valence-corrected chi connectivity index (χ2v) is 7.89. The van der Waals surface area contributed by atoms with E-state index in [1.54, 1.807) is 0 Å². The Morgan fingerprint density at radius 1 is 1.33 bits per heavy atom. The summed E-state index contributed by atoms with van der Waals surface area (Å²) >= 11 is 0. The highest BCUT2D eigenvalue weighted by molar-refractivity contribution is 7.84. The van der Waals surface area contributed by atoms with E-state index in [1.165, 1.54) is 5.56 Å². The number of aryl methyl sites for hydroxylation is 1. The van der Waals surface area contributed by atoms with Crippen molar-refractivity contribution in [2.45, 2.75) is 38.0 Å². The van der Waals surface area contributed by atoms with Gasteiger partial charge in [0, 0.05) is 0 Å². The summed E-state index contributed by atoms with van der Waals surface area (Å²) in [6, 6.07) is 8.31. The molecule has 0 aromatic heterocycles. The van der Waals surface area contributed by atoms with E-state index in [0.29, 0.717) is 13.2 Å². The molecule has 1 atom stereocenters. The van der Waals surface area contributed by atoms with Crippen molar-refractivity contribution in [3.8, 4) is 0 Å². The van der Waals surface area contributed by atoms with Gasteiger partial charge in [-0.1, -0.05) is 29.8 Å². The van der Waals surface area contributed by atoms with Gasteiger partial charge in [0.2, 0.25) is 0 Å². The molecule has 3 nitrogen and oxygen atoms in total. The monoisotopic (exact) mass is 267 g/mol. The molecule has 0 bridgehead atoms. The van der Waals surface area contributed by atoms with E-state index in [-0.39, 0.29) is 10.3 Å². The van der Waals surface area contributed by atoms with Crippen LogP contribution in [-0.2, 0) is 21.3 Å². The summed E-state index contributed by atoms with van der Waals surface area (Å²) < 4.78 is 20.6. The molecule has 0 aliphatic carbocycles. The van der Waals surface area contributed by atoms with Gasteiger partial charge in [0.05, 0.1) is 28.9 Å². The first-order chi connectivity index (χ1) is 8.33. The van der Waals surface area contributed by atoms with E-state index in [2.05, 4.69) is 29.8 Å². The quantitative estimate of drug-likeness (QED) is 0.912. The van der Waals surface area contributed by atoms with Crippen molar-refractivity contribution in [1.29, 1.82) is 0 Å². The highest BCUT2D eigenvalue weighted by atomic mass is 32.2. The fourth-order valence-electron chi connectivity index (χ4n) is 1.86. The van der Waals surface area contributed by atoms with Crippen LogP contribution in [0.25, 0.3) is 0 Å². The zero-order valence-electron chi connectivity index (χ0n) is 11.4. The minimum absolute atomic E-state index is 0.271. The number of hydrogen-bond donors (Lipinski definition) is 1. The third kappa shape index (κ3) is 2.66. The number of nitrogens with one attached hydrogen (secondary N) is 1. The van der Waals surface area contributed by atoms with Crippen LogP contribution in [0.3, 0.4) is 0 Å². The normalized spacial score (nSPS) is 20.2. The zero-order valence-corrected chi connectivity index (χ0v) is 12.3. The van der Waals surface area contributed by atoms with Crippen molar-refractivity contribution in [2.24, 2.45) is 0 Å². The fourth-order valence-corrected chi connectivity index (χ4v) is 2.76. The number of hydrogen-bond acceptors (Lipinski definition) is 2. The first-order valence-electron chi connectivity index (χ1n) is 6.18. The molecule has 1 aliphatic rings. The summed E-state index contributed by atoms with van der Waals surface area (Å²) in [5, 5.41) is 0. The van der Waals surface area contributed by atoms with Crippen LogP contribution in [0.5, 0.6) is 0 Å². The molecule has 100 valence electrons. The van der Waals surface area contributed by atoms with E-state index < -0.39 is 11.0 Å². The van der Waals surface area contributed by atoms with Gasteiger partial charge in [0.1, 0.15) is 5.54 Å². The Morgan fingerprint density at radius 3 is 2.44 bits per heavy atom. The standard InChI is InChI=1S/C14H21NO2S/c1-11-6-5-7-12(8-11)14(9-17-10-14)15-18(16)13(2,3)4/h5-8,15H,9-10H2,1-4H3. The lowest BCUT2D eigenvalue weighted by Crippen LogP contribution is -2.59. The average molecular weight is 267 g/mol. The highest BCUT2D eigenvalue weighted by Crippen LogP contribution is 2.31. The summed E-state index contributed by atoms with van der Waals surface area (Å²) in [5.74, 6) is 0. The third-order valence-corrected chi connectivity index (χ3v) is 4.80. The lowest BCUT2D eigenvalue weighted by Gasteiger charge is -2.43. The molecule has 0 amide bonds. The molecule has 0 radical (unpaired) electrons. The molecule has 2 rings (SSSR count). The number of rotatable bonds is 3. The second-order valence-electron chi connectivity index (χ2n) is 5.93. The molecule has 1 aromatic carbocycles. The van der Waals surface area contributed by atoms with Crippen LogP contribution < -0.4 is 4.72 Å². The first-order valence-corrected chi connectivity index (χ1v) is 7.33. The van der Waals surface area contributed by atoms with Gasteiger partial charge in [-0.3, -0.25) is 0 Å². The van der Waals surface area contributed by atoms with Gasteiger partial charge in [-0.25, -0.2) is 8.93 Å². The summed E-state index contributed by atoms with van der Waals surface area (Å²) in [7, 11) is -1.09. The second kappa shape index (κ2) is 4.76. The van der Waals surface area contributed by atoms with Crippen LogP contribution in [-0.4, -0.2) is 22.2 Å². The van der Waals surface area contributed by atoms with Gasteiger partial charge in [0.15, 0.2) is 0 Å². The van der Waals surface area contributed by atoms with Crippen LogP contribution in [0.15, 0.2) is 24.3 Å². The summed E-state index contributed by atoms with van der Waals surface area (Å²) in [6.07, 6.45) is 0. The van der Waals surface area contributed by atoms with Crippen molar-refractivity contribution in [1.82, 2.24) is 4.72 Å². The molecule has 1 unspecified atom stereocenters. The Bertz CT molecular complexity index is 461. The zero-order chi connectivity index (χ0) is 13.4. The van der Waals surface area contributed by atoms with E-state index >= 15 is 0 Å². The summed E-state index contributed by atoms with van der Waals surface area (Å²) in [5.41, 5.74) is 2.08. The maximum atomic E-state index is 12.3. The fraction of sp³-hybridized carbons (Fsp3) is 0.571. The van der Waals surface area contributed by atoms with Crippen LogP contribution >= 0.6 is 0 Å². The molecule has 0 spiro atoms. The van der Waals surface area contributed by atoms with Crippen LogP contribution in [0.1, 0.15) is 31.9 Å². The number of benzene rings is 1. The minimum atomic E-state index is -1.09. The van der Waals surface area contributed by atoms with E-state index in [4.69, 9.17) is 4.74 Å². The summed E-state index contributed by atoms with van der Waals surface area (Å²) in [4.78, 5) is 0. The van der Waals surface area contributed by atoms with Crippen LogP contribution in [0, 0.1) is 6.92 Å². The predicted molar refractivity (Wildman–Crippen MR) is 74.7 cm³/mol. The maximum Gasteiger partial charge on any atom is 0.102 e. The molecule has 1 N–H and O–H groups in total. The Morgan fingerprint density at radius 2 is 2.00 bits per heavy atom. The van der Waals surface area contributed by atoms with Crippen molar-refractivity contribution >= 4 is 11.0 Å². The van der Waals surface area contributed by atoms with E-state index in [9.17, 15) is 4.21 Å². The molecule has 18 heavy (non-hydrogen) atoms. The lowest BCUT2D eigenvalue weighted by atomic mass is 9.88. The molecule has 4 heteroatoms. The number of ether oxygens (including phenoxy) is 1. The van der Waals surface area contributed by atoms with Crippen LogP contribution in [0.2, 0.25) is 0 Å². The largest absolute Gasteiger partial charge is 0.377 e. The minimum Gasteiger partial charge on any atom is -0.377 e. The topological polar surface area (TPSA) is 38.3 Å². The molecule has 1 saturated heterocycles. The third-order valence-electron chi connectivity index (χ3n) is 3.11. The SMILES string of the molecule is Cc1cccc(C2(NS(=O)C(C)(C)C)COC2)c1. The Balaban J connectivity index is 2.24. The molecular formula is C14H21NO2S. The Labute approximate surface area is 112 Å². The van der Waals surface area contributed by atoms with Gasteiger partial charge < -0.3 is 4.74 Å². The van der Waals surface area contributed by atoms with Gasteiger partial charge in [0.25, 0.3) is 0 Å². The molecule has 1 heterocycles. The lowest BCUT2D eigenvalue weighted by molar-refractivity contribution is -0.0659. The summed E-state index contributed by atoms with van der Waals surface area (Å²) in [6.45, 7) is 9.15. The smallest absolute Gasteiger partial charge is 0.102 e. The van der Waals surface area contributed by atoms with E-state index in [1.807, 2.05) is 26.8 Å². The van der Waals surface area contributed by atoms with Gasteiger partial charge >= 0.3 is 0 Å². The predicted octanol–water partition coefficient (Wildman–Crippen LogP) is 2.27. The van der Waals surface area contributed by atoms with Crippen LogP contribution in [0.4, 0.5) is 0 Å². The molecule has 1 aliphatic heterocycles. The maximum absolute atomic E-state index is 12.3. The average Bonchev–Trinajstić information content (AvgIpc) is 2.21. The van der Waals surface area contributed by atoms with Gasteiger partial charge in [-0.05, 0) is 33.3 Å². The molecule has 1 fully saturated rings. The van der Waals surface area contributed by atoms with Gasteiger partial charge in [-0.15, -0.1) is 0 Å².